The Morgan fingerprint density at radius 2 is 1.68 bits per heavy atom. The SMILES string of the molecule is CCN(CC)C(=O)C1=CC2=CC[C@H]3[C@@H]4CC[C@H](C(=O)N(C(=O)NC(C)C)C(C)C)[C@@]4(C)CC[C@@H]3[C@@]2(C)CC1. The van der Waals surface area contributed by atoms with Crippen LogP contribution in [0.1, 0.15) is 100 Å². The van der Waals surface area contributed by atoms with Crippen LogP contribution >= 0.6 is 0 Å². The summed E-state index contributed by atoms with van der Waals surface area (Å²) in [5, 5.41) is 2.95. The Balaban J connectivity index is 1.57. The molecule has 0 aromatic carbocycles. The van der Waals surface area contributed by atoms with E-state index in [1.165, 1.54) is 10.5 Å². The lowest BCUT2D eigenvalue weighted by Crippen LogP contribution is -2.55. The van der Waals surface area contributed by atoms with Crippen LogP contribution in [0.5, 0.6) is 0 Å². The van der Waals surface area contributed by atoms with Gasteiger partial charge >= 0.3 is 6.03 Å². The molecule has 4 aliphatic carbocycles. The van der Waals surface area contributed by atoms with E-state index in [-0.39, 0.29) is 46.7 Å². The zero-order valence-electron chi connectivity index (χ0n) is 25.1. The first kappa shape index (κ1) is 28.9. The van der Waals surface area contributed by atoms with Crippen LogP contribution in [0.2, 0.25) is 0 Å². The smallest absolute Gasteiger partial charge is 0.324 e. The van der Waals surface area contributed by atoms with Crippen molar-refractivity contribution in [1.29, 1.82) is 0 Å². The number of nitrogens with one attached hydrogen (secondary N) is 1. The predicted octanol–water partition coefficient (Wildman–Crippen LogP) is 6.33. The number of fused-ring (bicyclic) bond motifs is 5. The van der Waals surface area contributed by atoms with Crippen LogP contribution in [-0.4, -0.2) is 52.8 Å². The largest absolute Gasteiger partial charge is 0.339 e. The third kappa shape index (κ3) is 4.75. The number of hydrogen-bond donors (Lipinski definition) is 1. The lowest BCUT2D eigenvalue weighted by Gasteiger charge is -2.57. The third-order valence-corrected chi connectivity index (χ3v) is 10.8. The van der Waals surface area contributed by atoms with Gasteiger partial charge in [0.15, 0.2) is 0 Å². The number of amides is 4. The van der Waals surface area contributed by atoms with E-state index >= 15 is 0 Å². The van der Waals surface area contributed by atoms with Gasteiger partial charge in [0.05, 0.1) is 0 Å². The molecule has 212 valence electrons. The molecular formula is C32H51N3O3. The molecule has 0 aromatic rings. The molecule has 38 heavy (non-hydrogen) atoms. The van der Waals surface area contributed by atoms with Crippen molar-refractivity contribution in [3.63, 3.8) is 0 Å². The number of carbonyl (C=O) groups excluding carboxylic acids is 3. The van der Waals surface area contributed by atoms with Crippen molar-refractivity contribution < 1.29 is 14.4 Å². The summed E-state index contributed by atoms with van der Waals surface area (Å²) in [6, 6.07) is -0.431. The molecule has 0 aliphatic heterocycles. The Bertz CT molecular complexity index is 1010. The molecule has 0 aromatic heterocycles. The molecule has 6 nitrogen and oxygen atoms in total. The van der Waals surface area contributed by atoms with Crippen LogP contribution in [0.15, 0.2) is 23.3 Å². The van der Waals surface area contributed by atoms with E-state index in [0.717, 1.165) is 63.6 Å². The fourth-order valence-electron chi connectivity index (χ4n) is 8.69. The number of nitrogens with zero attached hydrogens (tertiary/aromatic N) is 2. The van der Waals surface area contributed by atoms with Gasteiger partial charge in [0.2, 0.25) is 11.8 Å². The fraction of sp³-hybridized carbons (Fsp3) is 0.781. The van der Waals surface area contributed by atoms with Gasteiger partial charge in [-0.3, -0.25) is 14.5 Å². The van der Waals surface area contributed by atoms with Crippen molar-refractivity contribution >= 4 is 17.8 Å². The molecule has 6 heteroatoms. The summed E-state index contributed by atoms with van der Waals surface area (Å²) in [6.45, 7) is 18.1. The molecular weight excluding hydrogens is 474 g/mol. The quantitative estimate of drug-likeness (QED) is 0.441. The summed E-state index contributed by atoms with van der Waals surface area (Å²) >= 11 is 0. The number of urea groups is 1. The number of hydrogen-bond acceptors (Lipinski definition) is 3. The second-order valence-electron chi connectivity index (χ2n) is 13.4. The van der Waals surface area contributed by atoms with Gasteiger partial charge in [-0.1, -0.05) is 26.0 Å². The Morgan fingerprint density at radius 1 is 1.00 bits per heavy atom. The van der Waals surface area contributed by atoms with Crippen molar-refractivity contribution in [3.8, 4) is 0 Å². The topological polar surface area (TPSA) is 69.7 Å². The van der Waals surface area contributed by atoms with Gasteiger partial charge in [-0.25, -0.2) is 4.79 Å². The van der Waals surface area contributed by atoms with Crippen molar-refractivity contribution in [1.82, 2.24) is 15.1 Å². The fourth-order valence-corrected chi connectivity index (χ4v) is 8.69. The monoisotopic (exact) mass is 525 g/mol. The number of carbonyl (C=O) groups is 3. The van der Waals surface area contributed by atoms with Gasteiger partial charge in [0, 0.05) is 36.7 Å². The highest BCUT2D eigenvalue weighted by molar-refractivity contribution is 5.96. The molecule has 0 unspecified atom stereocenters. The minimum absolute atomic E-state index is 0.00441. The van der Waals surface area contributed by atoms with Gasteiger partial charge < -0.3 is 10.2 Å². The number of likely N-dealkylation sites (N-methyl/N-ethyl adjacent to an activating group) is 1. The van der Waals surface area contributed by atoms with Crippen LogP contribution in [-0.2, 0) is 9.59 Å². The second-order valence-corrected chi connectivity index (χ2v) is 13.4. The standard InChI is InChI=1S/C32H51N3O3/c1-9-34(10-2)28(36)22-15-17-31(7)23(19-22)11-12-24-25-13-14-27(32(25,8)18-16-26(24)31)29(37)35(21(5)6)30(38)33-20(3)4/h11,19-21,24-27H,9-10,12-18H2,1-8H3,(H,33,38)/t24-,25-,26-,27+,31-,32-/m0/s1. The Labute approximate surface area is 230 Å². The Hall–Kier alpha value is -2.11. The highest BCUT2D eigenvalue weighted by Crippen LogP contribution is 2.66. The third-order valence-electron chi connectivity index (χ3n) is 10.8. The van der Waals surface area contributed by atoms with Crippen LogP contribution < -0.4 is 5.32 Å². The number of rotatable bonds is 6. The summed E-state index contributed by atoms with van der Waals surface area (Å²) in [5.74, 6) is 1.75. The molecule has 4 rings (SSSR count). The first-order valence-corrected chi connectivity index (χ1v) is 15.2. The maximum atomic E-state index is 13.9. The second kappa shape index (κ2) is 10.8. The molecule has 2 fully saturated rings. The summed E-state index contributed by atoms with van der Waals surface area (Å²) in [5.41, 5.74) is 2.36. The molecule has 0 bridgehead atoms. The molecule has 1 N–H and O–H groups in total. The van der Waals surface area contributed by atoms with Crippen molar-refractivity contribution in [3.05, 3.63) is 23.3 Å². The maximum absolute atomic E-state index is 13.9. The molecule has 4 aliphatic rings. The Kier molecular flexibility index (Phi) is 8.22. The summed E-state index contributed by atoms with van der Waals surface area (Å²) in [6.07, 6.45) is 11.6. The van der Waals surface area contributed by atoms with E-state index in [1.54, 1.807) is 0 Å². The average molecular weight is 526 g/mol. The van der Waals surface area contributed by atoms with E-state index in [9.17, 15) is 14.4 Å². The first-order valence-electron chi connectivity index (χ1n) is 15.2. The maximum Gasteiger partial charge on any atom is 0.324 e. The van der Waals surface area contributed by atoms with Gasteiger partial charge in [-0.05, 0) is 121 Å². The minimum Gasteiger partial charge on any atom is -0.339 e. The van der Waals surface area contributed by atoms with Gasteiger partial charge in [-0.15, -0.1) is 0 Å². The van der Waals surface area contributed by atoms with E-state index in [1.807, 2.05) is 32.6 Å². The van der Waals surface area contributed by atoms with E-state index in [4.69, 9.17) is 0 Å². The van der Waals surface area contributed by atoms with Crippen LogP contribution in [0, 0.1) is 34.5 Å². The summed E-state index contributed by atoms with van der Waals surface area (Å²) in [4.78, 5) is 43.4. The van der Waals surface area contributed by atoms with Crippen LogP contribution in [0.25, 0.3) is 0 Å². The normalized spacial score (nSPS) is 34.1. The van der Waals surface area contributed by atoms with Crippen molar-refractivity contribution in [2.24, 2.45) is 34.5 Å². The zero-order chi connectivity index (χ0) is 28.0. The predicted molar refractivity (Wildman–Crippen MR) is 152 cm³/mol. The highest BCUT2D eigenvalue weighted by atomic mass is 16.2. The molecule has 2 saturated carbocycles. The molecule has 0 saturated heterocycles. The van der Waals surface area contributed by atoms with E-state index < -0.39 is 0 Å². The summed E-state index contributed by atoms with van der Waals surface area (Å²) in [7, 11) is 0. The highest BCUT2D eigenvalue weighted by Gasteiger charge is 2.60. The van der Waals surface area contributed by atoms with Crippen LogP contribution in [0.4, 0.5) is 4.79 Å². The van der Waals surface area contributed by atoms with E-state index in [2.05, 4.69) is 45.2 Å². The van der Waals surface area contributed by atoms with Gasteiger partial charge in [0.1, 0.15) is 0 Å². The number of imide groups is 1. The molecule has 0 heterocycles. The lowest BCUT2D eigenvalue weighted by atomic mass is 9.48. The Morgan fingerprint density at radius 3 is 2.29 bits per heavy atom. The first-order chi connectivity index (χ1) is 17.9. The molecule has 0 radical (unpaired) electrons. The van der Waals surface area contributed by atoms with Crippen LogP contribution in [0.3, 0.4) is 0 Å². The summed E-state index contributed by atoms with van der Waals surface area (Å²) < 4.78 is 0. The van der Waals surface area contributed by atoms with Gasteiger partial charge in [-0.2, -0.15) is 0 Å². The van der Waals surface area contributed by atoms with E-state index in [0.29, 0.717) is 17.8 Å². The average Bonchev–Trinajstić information content (AvgIpc) is 3.20. The zero-order valence-corrected chi connectivity index (χ0v) is 25.1. The lowest BCUT2D eigenvalue weighted by molar-refractivity contribution is -0.140. The minimum atomic E-state index is -0.262. The molecule has 6 atom stereocenters. The molecule has 4 amide bonds. The van der Waals surface area contributed by atoms with Gasteiger partial charge in [0.25, 0.3) is 0 Å². The molecule has 0 spiro atoms. The van der Waals surface area contributed by atoms with Crippen molar-refractivity contribution in [2.75, 3.05) is 13.1 Å². The van der Waals surface area contributed by atoms with Crippen molar-refractivity contribution in [2.45, 2.75) is 112 Å². The number of allylic oxidation sites excluding steroid dienone is 3.